The van der Waals surface area contributed by atoms with Gasteiger partial charge in [0.25, 0.3) is 11.6 Å². The van der Waals surface area contributed by atoms with Crippen molar-refractivity contribution in [3.05, 3.63) is 46.0 Å². The maximum absolute atomic E-state index is 12.8. The molecule has 0 bridgehead atoms. The first-order valence-corrected chi connectivity index (χ1v) is 8.68. The van der Waals surface area contributed by atoms with Crippen LogP contribution >= 0.6 is 0 Å². The molecule has 0 radical (unpaired) electrons. The number of para-hydroxylation sites is 1. The molecule has 2 amide bonds. The molecule has 29 heavy (non-hydrogen) atoms. The highest BCUT2D eigenvalue weighted by atomic mass is 16.6. The van der Waals surface area contributed by atoms with E-state index in [0.29, 0.717) is 4.90 Å². The fourth-order valence-electron chi connectivity index (χ4n) is 2.84. The number of aliphatic carboxylic acids is 1. The third-order valence-corrected chi connectivity index (χ3v) is 3.96. The average Bonchev–Trinajstić information content (AvgIpc) is 2.95. The van der Waals surface area contributed by atoms with Crippen LogP contribution in [-0.4, -0.2) is 50.3 Å². The van der Waals surface area contributed by atoms with Crippen LogP contribution in [0.4, 0.5) is 10.5 Å². The van der Waals surface area contributed by atoms with Crippen LogP contribution in [0.5, 0.6) is 0 Å². The number of Topliss-reactive ketones (excluding diaryl/α,β-unsaturated/α-hetero) is 1. The Hall–Kier alpha value is -3.56. The van der Waals surface area contributed by atoms with Gasteiger partial charge < -0.3 is 9.84 Å². The molecule has 10 heteroatoms. The summed E-state index contributed by atoms with van der Waals surface area (Å²) < 4.78 is 5.19. The molecule has 1 N–H and O–H groups in total. The molecule has 0 saturated heterocycles. The zero-order valence-corrected chi connectivity index (χ0v) is 16.1. The predicted octanol–water partition coefficient (Wildman–Crippen LogP) is 2.56. The first-order valence-electron chi connectivity index (χ1n) is 8.68. The Morgan fingerprint density at radius 2 is 1.83 bits per heavy atom. The number of ether oxygens (including phenoxy) is 1. The number of ketones is 1. The lowest BCUT2D eigenvalue weighted by molar-refractivity contribution is -0.385. The maximum atomic E-state index is 12.8. The van der Waals surface area contributed by atoms with E-state index in [4.69, 9.17) is 9.84 Å². The molecule has 1 aliphatic heterocycles. The first-order chi connectivity index (χ1) is 13.4. The summed E-state index contributed by atoms with van der Waals surface area (Å²) in [7, 11) is 0. The van der Waals surface area contributed by atoms with Crippen molar-refractivity contribution < 1.29 is 33.9 Å². The van der Waals surface area contributed by atoms with Gasteiger partial charge in [-0.25, -0.2) is 9.69 Å². The van der Waals surface area contributed by atoms with Gasteiger partial charge >= 0.3 is 12.1 Å². The molecule has 2 rings (SSSR count). The third kappa shape index (κ3) is 5.03. The van der Waals surface area contributed by atoms with E-state index in [9.17, 15) is 29.3 Å². The average molecular weight is 404 g/mol. The number of carbonyl (C=O) groups excluding carboxylic acids is 3. The molecule has 1 unspecified atom stereocenters. The Bertz CT molecular complexity index is 913. The van der Waals surface area contributed by atoms with Crippen molar-refractivity contribution in [2.24, 2.45) is 0 Å². The fraction of sp³-hybridized carbons (Fsp3) is 0.368. The van der Waals surface area contributed by atoms with Gasteiger partial charge in [-0.2, -0.15) is 0 Å². The van der Waals surface area contributed by atoms with Gasteiger partial charge in [-0.15, -0.1) is 0 Å². The van der Waals surface area contributed by atoms with E-state index in [1.54, 1.807) is 20.8 Å². The van der Waals surface area contributed by atoms with E-state index in [2.05, 4.69) is 0 Å². The van der Waals surface area contributed by atoms with Crippen LogP contribution in [0.25, 0.3) is 5.57 Å². The summed E-state index contributed by atoms with van der Waals surface area (Å²) in [6.45, 7) is 4.72. The van der Waals surface area contributed by atoms with Crippen LogP contribution in [0.15, 0.2) is 30.3 Å². The minimum atomic E-state index is -1.52. The molecule has 1 aromatic carbocycles. The molecule has 0 aliphatic carbocycles. The monoisotopic (exact) mass is 404 g/mol. The third-order valence-electron chi connectivity index (χ3n) is 3.96. The number of nitrogens with zero attached hydrogens (tertiary/aromatic N) is 2. The van der Waals surface area contributed by atoms with Gasteiger partial charge in [0.05, 0.1) is 16.9 Å². The van der Waals surface area contributed by atoms with E-state index in [1.165, 1.54) is 24.3 Å². The summed E-state index contributed by atoms with van der Waals surface area (Å²) in [6.07, 6.45) is -1.11. The molecule has 154 valence electrons. The second-order valence-electron chi connectivity index (χ2n) is 7.33. The number of carboxylic acid groups (broad SMARTS) is 1. The van der Waals surface area contributed by atoms with Crippen LogP contribution in [0.1, 0.15) is 39.2 Å². The second kappa shape index (κ2) is 8.21. The van der Waals surface area contributed by atoms with Crippen molar-refractivity contribution >= 4 is 35.0 Å². The number of nitro benzene ring substituents is 1. The molecule has 10 nitrogen and oxygen atoms in total. The highest BCUT2D eigenvalue weighted by Gasteiger charge is 2.45. The Kier molecular flexibility index (Phi) is 6.15. The zero-order chi connectivity index (χ0) is 21.9. The van der Waals surface area contributed by atoms with Gasteiger partial charge in [-0.1, -0.05) is 12.1 Å². The van der Waals surface area contributed by atoms with Crippen molar-refractivity contribution in [2.45, 2.75) is 45.3 Å². The van der Waals surface area contributed by atoms with Gasteiger partial charge in [0, 0.05) is 24.1 Å². The topological polar surface area (TPSA) is 144 Å². The molecule has 1 atom stereocenters. The van der Waals surface area contributed by atoms with Gasteiger partial charge in [0.1, 0.15) is 11.6 Å². The normalized spacial score (nSPS) is 16.4. The Morgan fingerprint density at radius 3 is 2.38 bits per heavy atom. The van der Waals surface area contributed by atoms with Crippen LogP contribution < -0.4 is 0 Å². The van der Waals surface area contributed by atoms with E-state index in [1.807, 2.05) is 0 Å². The number of rotatable bonds is 6. The summed E-state index contributed by atoms with van der Waals surface area (Å²) in [6, 6.07) is 3.95. The van der Waals surface area contributed by atoms with Crippen molar-refractivity contribution in [3.8, 4) is 0 Å². The molecular weight excluding hydrogens is 384 g/mol. The number of carbonyl (C=O) groups is 4. The molecule has 0 aromatic heterocycles. The summed E-state index contributed by atoms with van der Waals surface area (Å²) in [5.41, 5.74) is -1.38. The SMILES string of the molecule is CC(C)(C)OC(=O)N1C(=O)C=C(c2ccccc2[N+](=O)[O-])C1C(=O)CCC(=O)O. The summed E-state index contributed by atoms with van der Waals surface area (Å²) >= 11 is 0. The number of hydrogen-bond donors (Lipinski definition) is 1. The molecule has 0 spiro atoms. The lowest BCUT2D eigenvalue weighted by Crippen LogP contribution is -2.47. The molecular formula is C19H20N2O8. The number of nitro groups is 1. The summed E-state index contributed by atoms with van der Waals surface area (Å²) in [4.78, 5) is 60.0. The molecule has 1 heterocycles. The first kappa shape index (κ1) is 21.7. The summed E-state index contributed by atoms with van der Waals surface area (Å²) in [5.74, 6) is -2.85. The number of hydrogen-bond acceptors (Lipinski definition) is 7. The number of imide groups is 1. The molecule has 1 aromatic rings. The number of carboxylic acids is 1. The minimum Gasteiger partial charge on any atom is -0.481 e. The van der Waals surface area contributed by atoms with E-state index < -0.39 is 53.2 Å². The minimum absolute atomic E-state index is 0.00872. The predicted molar refractivity (Wildman–Crippen MR) is 99.8 cm³/mol. The largest absolute Gasteiger partial charge is 0.481 e. The lowest BCUT2D eigenvalue weighted by Gasteiger charge is -2.28. The Morgan fingerprint density at radius 1 is 1.21 bits per heavy atom. The number of amides is 2. The lowest BCUT2D eigenvalue weighted by atomic mass is 9.93. The van der Waals surface area contributed by atoms with Gasteiger partial charge in [-0.05, 0) is 26.8 Å². The van der Waals surface area contributed by atoms with Crippen LogP contribution in [-0.2, 0) is 19.1 Å². The molecule has 1 aliphatic rings. The van der Waals surface area contributed by atoms with Gasteiger partial charge in [-0.3, -0.25) is 24.5 Å². The van der Waals surface area contributed by atoms with E-state index >= 15 is 0 Å². The van der Waals surface area contributed by atoms with Gasteiger partial charge in [0.15, 0.2) is 5.78 Å². The standard InChI is InChI=1S/C19H20N2O8/c1-19(2,3)29-18(26)20-15(23)10-12(17(20)14(22)8-9-16(24)25)11-6-4-5-7-13(11)21(27)28/h4-7,10,17H,8-9H2,1-3H3,(H,24,25). The molecule has 0 saturated carbocycles. The van der Waals surface area contributed by atoms with Crippen LogP contribution in [0.2, 0.25) is 0 Å². The van der Waals surface area contributed by atoms with Crippen LogP contribution in [0.3, 0.4) is 0 Å². The Balaban J connectivity index is 2.52. The van der Waals surface area contributed by atoms with E-state index in [0.717, 1.165) is 6.08 Å². The van der Waals surface area contributed by atoms with Crippen molar-refractivity contribution in [1.82, 2.24) is 4.90 Å². The second-order valence-corrected chi connectivity index (χ2v) is 7.33. The quantitative estimate of drug-likeness (QED) is 0.562. The highest BCUT2D eigenvalue weighted by Crippen LogP contribution is 2.36. The van der Waals surface area contributed by atoms with Crippen LogP contribution in [0, 0.1) is 10.1 Å². The number of benzene rings is 1. The Labute approximate surface area is 165 Å². The highest BCUT2D eigenvalue weighted by molar-refractivity contribution is 6.17. The van der Waals surface area contributed by atoms with E-state index in [-0.39, 0.29) is 16.8 Å². The van der Waals surface area contributed by atoms with Crippen molar-refractivity contribution in [2.75, 3.05) is 0 Å². The van der Waals surface area contributed by atoms with Gasteiger partial charge in [0.2, 0.25) is 0 Å². The smallest absolute Gasteiger partial charge is 0.418 e. The zero-order valence-electron chi connectivity index (χ0n) is 16.1. The summed E-state index contributed by atoms with van der Waals surface area (Å²) in [5, 5.41) is 20.2. The molecule has 0 fully saturated rings. The van der Waals surface area contributed by atoms with Crippen molar-refractivity contribution in [3.63, 3.8) is 0 Å². The maximum Gasteiger partial charge on any atom is 0.418 e. The fourth-order valence-corrected chi connectivity index (χ4v) is 2.84. The van der Waals surface area contributed by atoms with Crippen molar-refractivity contribution in [1.29, 1.82) is 0 Å².